The molecule has 0 spiro atoms. The van der Waals surface area contributed by atoms with E-state index in [4.69, 9.17) is 4.74 Å². The lowest BCUT2D eigenvalue weighted by Crippen LogP contribution is -2.23. The third-order valence-corrected chi connectivity index (χ3v) is 3.64. The van der Waals surface area contributed by atoms with Gasteiger partial charge in [0.05, 0.1) is 12.0 Å². The van der Waals surface area contributed by atoms with E-state index in [-0.39, 0.29) is 11.4 Å². The van der Waals surface area contributed by atoms with Crippen LogP contribution in [-0.4, -0.2) is 17.0 Å². The van der Waals surface area contributed by atoms with Crippen molar-refractivity contribution in [2.75, 3.05) is 11.0 Å². The fourth-order valence-corrected chi connectivity index (χ4v) is 2.18. The maximum Gasteiger partial charge on any atom is 0.311 e. The molecule has 0 N–H and O–H groups in total. The molecule has 108 valence electrons. The van der Waals surface area contributed by atoms with Crippen LogP contribution < -0.4 is 0 Å². The van der Waals surface area contributed by atoms with E-state index < -0.39 is 0 Å². The molecule has 0 aliphatic heterocycles. The summed E-state index contributed by atoms with van der Waals surface area (Å²) < 4.78 is 6.51. The van der Waals surface area contributed by atoms with Gasteiger partial charge in [0.1, 0.15) is 0 Å². The molecule has 0 aromatic carbocycles. The van der Waals surface area contributed by atoms with Crippen LogP contribution in [0.4, 0.5) is 0 Å². The summed E-state index contributed by atoms with van der Waals surface area (Å²) in [5, 5.41) is 0. The van der Waals surface area contributed by atoms with Gasteiger partial charge in [0, 0.05) is 0 Å². The fraction of sp³-hybridized carbons (Fsp3) is 0.933. The SMILES string of the molecule is CC(C)(C)C(=O)OCCCCCCCCCCI. The Balaban J connectivity index is 3.19. The van der Waals surface area contributed by atoms with Gasteiger partial charge in [0.25, 0.3) is 0 Å². The first kappa shape index (κ1) is 18.2. The van der Waals surface area contributed by atoms with Crippen molar-refractivity contribution in [1.29, 1.82) is 0 Å². The minimum Gasteiger partial charge on any atom is -0.465 e. The minimum absolute atomic E-state index is 0.0821. The fourth-order valence-electron chi connectivity index (χ4n) is 1.64. The van der Waals surface area contributed by atoms with Crippen molar-refractivity contribution in [3.05, 3.63) is 0 Å². The lowest BCUT2D eigenvalue weighted by Gasteiger charge is -2.16. The molecule has 0 heterocycles. The number of alkyl halides is 1. The topological polar surface area (TPSA) is 26.3 Å². The molecule has 0 amide bonds. The second-order valence-electron chi connectivity index (χ2n) is 5.90. The molecule has 0 aromatic rings. The number of rotatable bonds is 10. The van der Waals surface area contributed by atoms with Crippen LogP contribution in [0.1, 0.15) is 72.1 Å². The average molecular weight is 368 g/mol. The van der Waals surface area contributed by atoms with E-state index in [9.17, 15) is 4.79 Å². The van der Waals surface area contributed by atoms with Crippen molar-refractivity contribution in [2.24, 2.45) is 5.41 Å². The van der Waals surface area contributed by atoms with Crippen LogP contribution in [0.3, 0.4) is 0 Å². The number of esters is 1. The van der Waals surface area contributed by atoms with Gasteiger partial charge >= 0.3 is 5.97 Å². The van der Waals surface area contributed by atoms with Gasteiger partial charge in [-0.1, -0.05) is 61.1 Å². The Morgan fingerprint density at radius 2 is 1.33 bits per heavy atom. The Kier molecular flexibility index (Phi) is 11.2. The summed E-state index contributed by atoms with van der Waals surface area (Å²) in [7, 11) is 0. The number of hydrogen-bond donors (Lipinski definition) is 0. The maximum absolute atomic E-state index is 11.5. The Bertz CT molecular complexity index is 209. The highest BCUT2D eigenvalue weighted by Crippen LogP contribution is 2.15. The van der Waals surface area contributed by atoms with E-state index in [1.807, 2.05) is 20.8 Å². The van der Waals surface area contributed by atoms with Gasteiger partial charge in [0.15, 0.2) is 0 Å². The number of halogens is 1. The second-order valence-corrected chi connectivity index (χ2v) is 6.98. The van der Waals surface area contributed by atoms with Gasteiger partial charge < -0.3 is 4.74 Å². The molecule has 2 nitrogen and oxygen atoms in total. The summed E-state index contributed by atoms with van der Waals surface area (Å²) in [6, 6.07) is 0. The molecule has 0 aliphatic carbocycles. The van der Waals surface area contributed by atoms with Crippen molar-refractivity contribution >= 4 is 28.6 Å². The average Bonchev–Trinajstić information content (AvgIpc) is 2.30. The molecule has 0 saturated carbocycles. The maximum atomic E-state index is 11.5. The van der Waals surface area contributed by atoms with Crippen molar-refractivity contribution in [3.63, 3.8) is 0 Å². The third-order valence-electron chi connectivity index (χ3n) is 2.87. The van der Waals surface area contributed by atoms with Gasteiger partial charge in [-0.2, -0.15) is 0 Å². The first-order valence-electron chi connectivity index (χ1n) is 7.21. The normalized spacial score (nSPS) is 11.6. The number of unbranched alkanes of at least 4 members (excludes halogenated alkanes) is 7. The van der Waals surface area contributed by atoms with Crippen LogP contribution in [0.15, 0.2) is 0 Å². The standard InChI is InChI=1S/C15H29IO2/c1-15(2,3)14(17)18-13-11-9-7-5-4-6-8-10-12-16/h4-13H2,1-3H3. The number of carbonyl (C=O) groups is 1. The monoisotopic (exact) mass is 368 g/mol. The highest BCUT2D eigenvalue weighted by Gasteiger charge is 2.22. The van der Waals surface area contributed by atoms with Gasteiger partial charge in [-0.05, 0) is 38.0 Å². The Morgan fingerprint density at radius 3 is 1.78 bits per heavy atom. The van der Waals surface area contributed by atoms with Gasteiger partial charge in [-0.15, -0.1) is 0 Å². The Labute approximate surface area is 126 Å². The van der Waals surface area contributed by atoms with Crippen LogP contribution in [0.2, 0.25) is 0 Å². The summed E-state index contributed by atoms with van der Waals surface area (Å²) in [4.78, 5) is 11.5. The van der Waals surface area contributed by atoms with Crippen molar-refractivity contribution in [1.82, 2.24) is 0 Å². The van der Waals surface area contributed by atoms with Crippen LogP contribution in [0, 0.1) is 5.41 Å². The van der Waals surface area contributed by atoms with Gasteiger partial charge in [-0.3, -0.25) is 4.79 Å². The lowest BCUT2D eigenvalue weighted by atomic mass is 9.97. The Hall–Kier alpha value is 0.200. The quantitative estimate of drug-likeness (QED) is 0.231. The molecule has 0 bridgehead atoms. The van der Waals surface area contributed by atoms with Crippen LogP contribution >= 0.6 is 22.6 Å². The van der Waals surface area contributed by atoms with E-state index in [0.717, 1.165) is 6.42 Å². The highest BCUT2D eigenvalue weighted by molar-refractivity contribution is 14.1. The van der Waals surface area contributed by atoms with Crippen LogP contribution in [-0.2, 0) is 9.53 Å². The molecular formula is C15H29IO2. The van der Waals surface area contributed by atoms with E-state index in [1.165, 1.54) is 49.4 Å². The molecular weight excluding hydrogens is 339 g/mol. The smallest absolute Gasteiger partial charge is 0.311 e. The van der Waals surface area contributed by atoms with Crippen molar-refractivity contribution in [3.8, 4) is 0 Å². The first-order valence-corrected chi connectivity index (χ1v) is 8.74. The molecule has 18 heavy (non-hydrogen) atoms. The molecule has 0 rings (SSSR count). The van der Waals surface area contributed by atoms with E-state index in [2.05, 4.69) is 22.6 Å². The molecule has 0 fully saturated rings. The van der Waals surface area contributed by atoms with Crippen LogP contribution in [0.25, 0.3) is 0 Å². The van der Waals surface area contributed by atoms with Gasteiger partial charge in [0.2, 0.25) is 0 Å². The van der Waals surface area contributed by atoms with E-state index in [0.29, 0.717) is 6.61 Å². The first-order chi connectivity index (χ1) is 8.48. The van der Waals surface area contributed by atoms with E-state index >= 15 is 0 Å². The highest BCUT2D eigenvalue weighted by atomic mass is 127. The molecule has 0 unspecified atom stereocenters. The Morgan fingerprint density at radius 1 is 0.889 bits per heavy atom. The molecule has 0 atom stereocenters. The minimum atomic E-state index is -0.362. The number of carbonyl (C=O) groups excluding carboxylic acids is 1. The van der Waals surface area contributed by atoms with E-state index in [1.54, 1.807) is 0 Å². The molecule has 0 radical (unpaired) electrons. The summed E-state index contributed by atoms with van der Waals surface area (Å²) in [6.07, 6.45) is 10.3. The predicted octanol–water partition coefficient (Wildman–Crippen LogP) is 5.13. The molecule has 0 saturated heterocycles. The molecule has 0 aliphatic rings. The summed E-state index contributed by atoms with van der Waals surface area (Å²) >= 11 is 2.44. The molecule has 0 aromatic heterocycles. The lowest BCUT2D eigenvalue weighted by molar-refractivity contribution is -0.153. The molecule has 3 heteroatoms. The van der Waals surface area contributed by atoms with Gasteiger partial charge in [-0.25, -0.2) is 0 Å². The zero-order valence-electron chi connectivity index (χ0n) is 12.3. The predicted molar refractivity (Wildman–Crippen MR) is 86.2 cm³/mol. The summed E-state index contributed by atoms with van der Waals surface area (Å²) in [5.41, 5.74) is -0.362. The zero-order valence-corrected chi connectivity index (χ0v) is 14.4. The number of hydrogen-bond acceptors (Lipinski definition) is 2. The summed E-state index contributed by atoms with van der Waals surface area (Å²) in [6.45, 7) is 6.27. The van der Waals surface area contributed by atoms with Crippen molar-refractivity contribution < 1.29 is 9.53 Å². The third kappa shape index (κ3) is 11.3. The number of ether oxygens (including phenoxy) is 1. The largest absolute Gasteiger partial charge is 0.465 e. The van der Waals surface area contributed by atoms with Crippen molar-refractivity contribution in [2.45, 2.75) is 72.1 Å². The second kappa shape index (κ2) is 11.1. The summed E-state index contributed by atoms with van der Waals surface area (Å²) in [5.74, 6) is -0.0821. The zero-order chi connectivity index (χ0) is 13.9. The van der Waals surface area contributed by atoms with Crippen LogP contribution in [0.5, 0.6) is 0 Å².